The van der Waals surface area contributed by atoms with Crippen LogP contribution in [-0.4, -0.2) is 22.3 Å². The van der Waals surface area contributed by atoms with Crippen molar-refractivity contribution in [3.05, 3.63) is 93.4 Å². The molecule has 2 aromatic carbocycles. The molecule has 2 unspecified atom stereocenters. The molecule has 0 radical (unpaired) electrons. The highest BCUT2D eigenvalue weighted by atomic mass is 35.5. The Morgan fingerprint density at radius 3 is 2.44 bits per heavy atom. The molecule has 1 aliphatic rings. The smallest absolute Gasteiger partial charge is 0.266 e. The van der Waals surface area contributed by atoms with E-state index in [4.69, 9.17) is 35.0 Å². The maximum absolute atomic E-state index is 13.6. The third-order valence-electron chi connectivity index (χ3n) is 4.93. The molecule has 6 nitrogen and oxygen atoms in total. The van der Waals surface area contributed by atoms with E-state index in [2.05, 4.69) is 4.72 Å². The molecule has 1 aliphatic carbocycles. The van der Waals surface area contributed by atoms with Gasteiger partial charge in [-0.2, -0.15) is 8.92 Å². The van der Waals surface area contributed by atoms with Gasteiger partial charge in [-0.1, -0.05) is 35.9 Å². The second-order valence-corrected chi connectivity index (χ2v) is 10.1. The van der Waals surface area contributed by atoms with Crippen molar-refractivity contribution in [2.75, 3.05) is 0 Å². The summed E-state index contributed by atoms with van der Waals surface area (Å²) in [6.45, 7) is -0.0791. The summed E-state index contributed by atoms with van der Waals surface area (Å²) in [4.78, 5) is 10.9. The van der Waals surface area contributed by atoms with Gasteiger partial charge in [-0.15, -0.1) is 11.6 Å². The summed E-state index contributed by atoms with van der Waals surface area (Å²) in [5, 5.41) is -1.33. The molecule has 0 saturated heterocycles. The van der Waals surface area contributed by atoms with Crippen LogP contribution in [0, 0.1) is 11.6 Å². The van der Waals surface area contributed by atoms with E-state index in [1.54, 1.807) is 18.2 Å². The number of fused-ring (bicyclic) bond motifs is 1. The third kappa shape index (κ3) is 3.99. The van der Waals surface area contributed by atoms with Crippen molar-refractivity contribution in [1.82, 2.24) is 13.6 Å². The molecule has 1 aromatic heterocycles. The van der Waals surface area contributed by atoms with Crippen molar-refractivity contribution in [3.8, 4) is 0 Å². The van der Waals surface area contributed by atoms with Gasteiger partial charge in [0.15, 0.2) is 11.6 Å². The Morgan fingerprint density at radius 1 is 1.09 bits per heavy atom. The molecule has 1 N–H and O–H groups in total. The summed E-state index contributed by atoms with van der Waals surface area (Å²) in [5.74, 6) is -2.06. The van der Waals surface area contributed by atoms with E-state index in [0.29, 0.717) is 5.56 Å². The summed E-state index contributed by atoms with van der Waals surface area (Å²) < 4.78 is 56.7. The summed E-state index contributed by atoms with van der Waals surface area (Å²) >= 11 is 19.1. The van der Waals surface area contributed by atoms with E-state index in [-0.39, 0.29) is 22.7 Å². The molecule has 0 fully saturated rings. The number of halogens is 5. The topological polar surface area (TPSA) is 73.1 Å². The van der Waals surface area contributed by atoms with Crippen molar-refractivity contribution in [1.29, 1.82) is 0 Å². The van der Waals surface area contributed by atoms with Gasteiger partial charge in [0, 0.05) is 11.8 Å². The molecule has 12 heteroatoms. The zero-order chi connectivity index (χ0) is 23.3. The van der Waals surface area contributed by atoms with Gasteiger partial charge >= 0.3 is 0 Å². The van der Waals surface area contributed by atoms with E-state index in [0.717, 1.165) is 16.3 Å². The Bertz CT molecular complexity index is 1390. The van der Waals surface area contributed by atoms with E-state index >= 15 is 0 Å². The highest BCUT2D eigenvalue weighted by Crippen LogP contribution is 2.42. The zero-order valence-electron chi connectivity index (χ0n) is 16.0. The molecule has 0 bridgehead atoms. The number of hydrogen-bond donors (Lipinski definition) is 1. The maximum atomic E-state index is 13.6. The van der Waals surface area contributed by atoms with Gasteiger partial charge in [0.25, 0.3) is 5.56 Å². The van der Waals surface area contributed by atoms with Gasteiger partial charge < -0.3 is 0 Å². The predicted octanol–water partition coefficient (Wildman–Crippen LogP) is 4.20. The van der Waals surface area contributed by atoms with Gasteiger partial charge in [-0.25, -0.2) is 17.2 Å². The predicted molar refractivity (Wildman–Crippen MR) is 118 cm³/mol. The van der Waals surface area contributed by atoms with Crippen LogP contribution in [0.3, 0.4) is 0 Å². The summed E-state index contributed by atoms with van der Waals surface area (Å²) in [6.07, 6.45) is 2.70. The zero-order valence-corrected chi connectivity index (χ0v) is 19.1. The number of hydrogen-bond acceptors (Lipinski definition) is 3. The normalized spacial score (nSPS) is 20.3. The molecule has 0 spiro atoms. The molecule has 0 aliphatic heterocycles. The Labute approximate surface area is 196 Å². The number of aromatic nitrogens is 2. The standard InChI is InChI=1S/C20H14Cl3F2N3O3S/c21-18-17-16(8-9-20(18,22)26-32(30,31)13-4-2-1-3-5-13)27(28(23)19(17)29)11-12-6-7-14(24)15(25)10-12/h1-10,18,26H,11H2. The van der Waals surface area contributed by atoms with Crippen molar-refractivity contribution < 1.29 is 17.2 Å². The summed E-state index contributed by atoms with van der Waals surface area (Å²) in [6, 6.07) is 10.8. The van der Waals surface area contributed by atoms with Crippen LogP contribution in [0.1, 0.15) is 22.2 Å². The molecule has 3 aromatic rings. The van der Waals surface area contributed by atoms with E-state index < -0.39 is 37.6 Å². The van der Waals surface area contributed by atoms with Crippen molar-refractivity contribution in [3.63, 3.8) is 0 Å². The first-order chi connectivity index (χ1) is 15.0. The number of sulfonamides is 1. The van der Waals surface area contributed by atoms with Crippen LogP contribution in [0.4, 0.5) is 8.78 Å². The van der Waals surface area contributed by atoms with Crippen molar-refractivity contribution >= 4 is 51.1 Å². The average molecular weight is 521 g/mol. The molecule has 32 heavy (non-hydrogen) atoms. The SMILES string of the molecule is O=c1c2c(n(Cc3ccc(F)c(F)c3)n1Cl)C=CC(Cl)(NS(=O)(=O)c1ccccc1)C2Cl. The van der Waals surface area contributed by atoms with E-state index in [9.17, 15) is 22.0 Å². The Kier molecular flexibility index (Phi) is 5.98. The molecule has 168 valence electrons. The second kappa shape index (κ2) is 8.31. The average Bonchev–Trinajstić information content (AvgIpc) is 2.99. The summed E-state index contributed by atoms with van der Waals surface area (Å²) in [7, 11) is -4.07. The van der Waals surface area contributed by atoms with E-state index in [1.165, 1.54) is 35.0 Å². The van der Waals surface area contributed by atoms with Crippen LogP contribution in [0.25, 0.3) is 6.08 Å². The minimum atomic E-state index is -4.07. The molecule has 4 rings (SSSR count). The molecule has 0 amide bonds. The number of alkyl halides is 2. The highest BCUT2D eigenvalue weighted by Gasteiger charge is 2.45. The third-order valence-corrected chi connectivity index (χ3v) is 7.99. The van der Waals surface area contributed by atoms with Gasteiger partial charge in [0.1, 0.15) is 10.4 Å². The lowest BCUT2D eigenvalue weighted by Crippen LogP contribution is -2.47. The Morgan fingerprint density at radius 2 is 1.78 bits per heavy atom. The number of rotatable bonds is 5. The molecular formula is C20H14Cl3F2N3O3S. The largest absolute Gasteiger partial charge is 0.287 e. The minimum Gasteiger partial charge on any atom is -0.266 e. The summed E-state index contributed by atoms with van der Waals surface area (Å²) in [5.41, 5.74) is -0.178. The van der Waals surface area contributed by atoms with Crippen LogP contribution < -0.4 is 10.3 Å². The van der Waals surface area contributed by atoms with Gasteiger partial charge in [0.05, 0.1) is 22.7 Å². The van der Waals surface area contributed by atoms with Crippen LogP contribution in [0.5, 0.6) is 0 Å². The lowest BCUT2D eigenvalue weighted by atomic mass is 9.99. The van der Waals surface area contributed by atoms with Crippen LogP contribution >= 0.6 is 35.0 Å². The molecular weight excluding hydrogens is 507 g/mol. The van der Waals surface area contributed by atoms with Crippen LogP contribution in [0.2, 0.25) is 0 Å². The Hall–Kier alpha value is -2.17. The second-order valence-electron chi connectivity index (χ2n) is 7.05. The quantitative estimate of drug-likeness (QED) is 0.405. The fourth-order valence-electron chi connectivity index (χ4n) is 3.37. The Balaban J connectivity index is 1.72. The first-order valence-corrected chi connectivity index (χ1v) is 11.7. The van der Waals surface area contributed by atoms with Crippen molar-refractivity contribution in [2.24, 2.45) is 0 Å². The van der Waals surface area contributed by atoms with Crippen molar-refractivity contribution in [2.45, 2.75) is 21.8 Å². The first-order valence-electron chi connectivity index (χ1n) is 9.10. The number of nitrogens with zero attached hydrogens (tertiary/aromatic N) is 2. The lowest BCUT2D eigenvalue weighted by molar-refractivity contribution is 0.505. The monoisotopic (exact) mass is 519 g/mol. The fourth-order valence-corrected chi connectivity index (χ4v) is 5.70. The number of benzene rings is 2. The van der Waals surface area contributed by atoms with Crippen LogP contribution in [0.15, 0.2) is 64.3 Å². The van der Waals surface area contributed by atoms with E-state index in [1.807, 2.05) is 0 Å². The van der Waals surface area contributed by atoms with Gasteiger partial charge in [-0.3, -0.25) is 9.48 Å². The molecule has 2 atom stereocenters. The molecule has 1 heterocycles. The maximum Gasteiger partial charge on any atom is 0.287 e. The number of nitrogens with one attached hydrogen (secondary N) is 1. The highest BCUT2D eigenvalue weighted by molar-refractivity contribution is 7.89. The minimum absolute atomic E-state index is 0.0336. The molecule has 0 saturated carbocycles. The lowest BCUT2D eigenvalue weighted by Gasteiger charge is -2.31. The van der Waals surface area contributed by atoms with Gasteiger partial charge in [0.2, 0.25) is 10.0 Å². The fraction of sp³-hybridized carbons (Fsp3) is 0.150. The first kappa shape index (κ1) is 23.0. The van der Waals surface area contributed by atoms with Crippen LogP contribution in [-0.2, 0) is 16.6 Å². The van der Waals surface area contributed by atoms with Gasteiger partial charge in [-0.05, 0) is 42.0 Å².